The van der Waals surface area contributed by atoms with Crippen molar-refractivity contribution in [3.05, 3.63) is 0 Å². The van der Waals surface area contributed by atoms with Crippen molar-refractivity contribution in [2.75, 3.05) is 6.54 Å². The number of imide groups is 1. The molecule has 1 heterocycles. The number of hydrogen-bond donors (Lipinski definition) is 3. The Morgan fingerprint density at radius 3 is 2.43 bits per heavy atom. The van der Waals surface area contributed by atoms with Crippen LogP contribution in [0.3, 0.4) is 0 Å². The Labute approximate surface area is 134 Å². The van der Waals surface area contributed by atoms with Gasteiger partial charge in [0.1, 0.15) is 11.6 Å². The standard InChI is InChI=1S/C15H23N3O5/c1-9(2)11(12(20)21)16-10(19)5-8-18-13(22)15(17-14(18)23)6-3-4-7-15/h9,11H,3-8H2,1-2H3,(H,16,19)(H,17,23)(H,20,21)/t11-/m0/s1. The SMILES string of the molecule is CC(C)[C@H](NC(=O)CCN1C(=O)NC2(CCCC2)C1=O)C(=O)O. The summed E-state index contributed by atoms with van der Waals surface area (Å²) in [6.45, 7) is 3.35. The summed E-state index contributed by atoms with van der Waals surface area (Å²) in [7, 11) is 0. The van der Waals surface area contributed by atoms with E-state index in [1.807, 2.05) is 0 Å². The number of urea groups is 1. The second-order valence-corrected chi connectivity index (χ2v) is 6.55. The minimum Gasteiger partial charge on any atom is -0.480 e. The van der Waals surface area contributed by atoms with Gasteiger partial charge >= 0.3 is 12.0 Å². The highest BCUT2D eigenvalue weighted by atomic mass is 16.4. The third kappa shape index (κ3) is 3.46. The molecule has 3 N–H and O–H groups in total. The molecule has 0 aromatic carbocycles. The first-order chi connectivity index (χ1) is 10.8. The molecule has 0 aromatic rings. The van der Waals surface area contributed by atoms with Crippen molar-refractivity contribution in [3.8, 4) is 0 Å². The lowest BCUT2D eigenvalue weighted by atomic mass is 9.98. The van der Waals surface area contributed by atoms with Crippen LogP contribution in [-0.4, -0.2) is 51.9 Å². The maximum atomic E-state index is 12.4. The Morgan fingerprint density at radius 2 is 1.91 bits per heavy atom. The van der Waals surface area contributed by atoms with Gasteiger partial charge in [0, 0.05) is 13.0 Å². The first-order valence-corrected chi connectivity index (χ1v) is 7.93. The fourth-order valence-corrected chi connectivity index (χ4v) is 3.17. The zero-order valence-corrected chi connectivity index (χ0v) is 13.4. The summed E-state index contributed by atoms with van der Waals surface area (Å²) in [5.74, 6) is -2.12. The van der Waals surface area contributed by atoms with Crippen molar-refractivity contribution in [2.24, 2.45) is 5.92 Å². The topological polar surface area (TPSA) is 116 Å². The molecule has 1 aliphatic heterocycles. The van der Waals surface area contributed by atoms with Crippen LogP contribution in [0.25, 0.3) is 0 Å². The van der Waals surface area contributed by atoms with E-state index in [0.717, 1.165) is 17.7 Å². The van der Waals surface area contributed by atoms with Gasteiger partial charge < -0.3 is 15.7 Å². The highest BCUT2D eigenvalue weighted by molar-refractivity contribution is 6.07. The summed E-state index contributed by atoms with van der Waals surface area (Å²) in [6, 6.07) is -1.45. The molecule has 1 saturated heterocycles. The summed E-state index contributed by atoms with van der Waals surface area (Å²) in [6.07, 6.45) is 2.96. The second-order valence-electron chi connectivity index (χ2n) is 6.55. The van der Waals surface area contributed by atoms with Gasteiger partial charge in [-0.15, -0.1) is 0 Å². The van der Waals surface area contributed by atoms with Crippen molar-refractivity contribution in [3.63, 3.8) is 0 Å². The number of nitrogens with one attached hydrogen (secondary N) is 2. The highest BCUT2D eigenvalue weighted by Crippen LogP contribution is 2.34. The summed E-state index contributed by atoms with van der Waals surface area (Å²) < 4.78 is 0. The van der Waals surface area contributed by atoms with Crippen molar-refractivity contribution >= 4 is 23.8 Å². The van der Waals surface area contributed by atoms with Crippen molar-refractivity contribution in [1.82, 2.24) is 15.5 Å². The van der Waals surface area contributed by atoms with E-state index in [4.69, 9.17) is 5.11 Å². The quantitative estimate of drug-likeness (QED) is 0.614. The van der Waals surface area contributed by atoms with Crippen LogP contribution in [0, 0.1) is 5.92 Å². The lowest BCUT2D eigenvalue weighted by Crippen LogP contribution is -2.46. The minimum atomic E-state index is -1.10. The van der Waals surface area contributed by atoms with Gasteiger partial charge in [-0.05, 0) is 18.8 Å². The predicted octanol–water partition coefficient (Wildman–Crippen LogP) is 0.467. The van der Waals surface area contributed by atoms with Gasteiger partial charge in [0.25, 0.3) is 5.91 Å². The second kappa shape index (κ2) is 6.55. The molecule has 4 amide bonds. The number of carboxylic acid groups (broad SMARTS) is 1. The van der Waals surface area contributed by atoms with Gasteiger partial charge in [-0.1, -0.05) is 26.7 Å². The lowest BCUT2D eigenvalue weighted by molar-refractivity contribution is -0.143. The van der Waals surface area contributed by atoms with E-state index in [-0.39, 0.29) is 24.8 Å². The van der Waals surface area contributed by atoms with Crippen molar-refractivity contribution < 1.29 is 24.3 Å². The molecule has 0 bridgehead atoms. The highest BCUT2D eigenvalue weighted by Gasteiger charge is 2.52. The van der Waals surface area contributed by atoms with Gasteiger partial charge in [0.15, 0.2) is 0 Å². The Bertz CT molecular complexity index is 525. The molecule has 0 radical (unpaired) electrons. The van der Waals surface area contributed by atoms with Crippen LogP contribution in [0.4, 0.5) is 4.79 Å². The van der Waals surface area contributed by atoms with Crippen molar-refractivity contribution in [1.29, 1.82) is 0 Å². The largest absolute Gasteiger partial charge is 0.480 e. The number of aliphatic carboxylic acids is 1. The van der Waals surface area contributed by atoms with Gasteiger partial charge in [0.2, 0.25) is 5.91 Å². The molecule has 8 nitrogen and oxygen atoms in total. The average Bonchev–Trinajstić information content (AvgIpc) is 3.01. The normalized spacial score (nSPS) is 20.9. The lowest BCUT2D eigenvalue weighted by Gasteiger charge is -2.20. The summed E-state index contributed by atoms with van der Waals surface area (Å²) in [4.78, 5) is 48.4. The number of hydrogen-bond acceptors (Lipinski definition) is 4. The first-order valence-electron chi connectivity index (χ1n) is 7.93. The smallest absolute Gasteiger partial charge is 0.326 e. The van der Waals surface area contributed by atoms with Gasteiger partial charge in [-0.2, -0.15) is 0 Å². The third-order valence-electron chi connectivity index (χ3n) is 4.51. The molecule has 1 aliphatic carbocycles. The number of carbonyl (C=O) groups is 4. The van der Waals surface area contributed by atoms with Gasteiger partial charge in [-0.3, -0.25) is 14.5 Å². The first kappa shape index (κ1) is 17.2. The number of carboxylic acids is 1. The molecular weight excluding hydrogens is 302 g/mol. The monoisotopic (exact) mass is 325 g/mol. The molecule has 1 atom stereocenters. The Balaban J connectivity index is 1.90. The summed E-state index contributed by atoms with van der Waals surface area (Å²) in [5, 5.41) is 14.2. The molecule has 1 spiro atoms. The van der Waals surface area contributed by atoms with Gasteiger partial charge in [0.05, 0.1) is 0 Å². The molecule has 2 rings (SSSR count). The Morgan fingerprint density at radius 1 is 1.30 bits per heavy atom. The summed E-state index contributed by atoms with van der Waals surface area (Å²) >= 11 is 0. The van der Waals surface area contributed by atoms with Crippen LogP contribution in [0.2, 0.25) is 0 Å². The van der Waals surface area contributed by atoms with Crippen LogP contribution < -0.4 is 10.6 Å². The van der Waals surface area contributed by atoms with Crippen molar-refractivity contribution in [2.45, 2.75) is 57.5 Å². The van der Waals surface area contributed by atoms with E-state index >= 15 is 0 Å². The zero-order valence-electron chi connectivity index (χ0n) is 13.4. The maximum absolute atomic E-state index is 12.4. The Hall–Kier alpha value is -2.12. The summed E-state index contributed by atoms with van der Waals surface area (Å²) in [5.41, 5.74) is -0.783. The van der Waals surface area contributed by atoms with E-state index in [1.54, 1.807) is 13.8 Å². The fraction of sp³-hybridized carbons (Fsp3) is 0.733. The van der Waals surface area contributed by atoms with Crippen LogP contribution in [0.15, 0.2) is 0 Å². The number of carbonyl (C=O) groups excluding carboxylic acids is 3. The fourth-order valence-electron chi connectivity index (χ4n) is 3.17. The Kier molecular flexibility index (Phi) is 4.91. The molecule has 0 aromatic heterocycles. The molecular formula is C15H23N3O5. The molecule has 2 aliphatic rings. The molecule has 1 saturated carbocycles. The van der Waals surface area contributed by atoms with E-state index in [0.29, 0.717) is 12.8 Å². The van der Waals surface area contributed by atoms with Crippen LogP contribution in [-0.2, 0) is 14.4 Å². The van der Waals surface area contributed by atoms with E-state index in [1.165, 1.54) is 0 Å². The van der Waals surface area contributed by atoms with E-state index in [9.17, 15) is 19.2 Å². The number of amides is 4. The third-order valence-corrected chi connectivity index (χ3v) is 4.51. The number of rotatable bonds is 6. The van der Waals surface area contributed by atoms with E-state index in [2.05, 4.69) is 10.6 Å². The molecule has 128 valence electrons. The average molecular weight is 325 g/mol. The molecule has 23 heavy (non-hydrogen) atoms. The molecule has 2 fully saturated rings. The predicted molar refractivity (Wildman–Crippen MR) is 80.5 cm³/mol. The minimum absolute atomic E-state index is 0.0390. The van der Waals surface area contributed by atoms with Crippen LogP contribution in [0.1, 0.15) is 46.0 Å². The van der Waals surface area contributed by atoms with Gasteiger partial charge in [-0.25, -0.2) is 9.59 Å². The van der Waals surface area contributed by atoms with Crippen LogP contribution in [0.5, 0.6) is 0 Å². The van der Waals surface area contributed by atoms with Crippen LogP contribution >= 0.6 is 0 Å². The molecule has 8 heteroatoms. The van der Waals surface area contributed by atoms with E-state index < -0.39 is 29.5 Å². The number of nitrogens with zero attached hydrogens (tertiary/aromatic N) is 1. The molecule has 0 unspecified atom stereocenters. The zero-order chi connectivity index (χ0) is 17.2. The maximum Gasteiger partial charge on any atom is 0.326 e.